The summed E-state index contributed by atoms with van der Waals surface area (Å²) in [6, 6.07) is 0. The molecule has 0 radical (unpaired) electrons. The third kappa shape index (κ3) is 3.10. The zero-order valence-electron chi connectivity index (χ0n) is 11.4. The van der Waals surface area contributed by atoms with Crippen LogP contribution < -0.4 is 11.1 Å². The molecule has 0 spiro atoms. The van der Waals surface area contributed by atoms with E-state index in [4.69, 9.17) is 31.3 Å². The van der Waals surface area contributed by atoms with Gasteiger partial charge in [0.1, 0.15) is 18.3 Å². The van der Waals surface area contributed by atoms with Crippen molar-refractivity contribution in [3.63, 3.8) is 0 Å². The molecule has 11 nitrogen and oxygen atoms in total. The van der Waals surface area contributed by atoms with Crippen molar-refractivity contribution in [2.24, 2.45) is 5.50 Å². The average molecular weight is 366 g/mol. The Labute approximate surface area is 134 Å². The molecule has 1 aliphatic heterocycles. The van der Waals surface area contributed by atoms with E-state index < -0.39 is 38.6 Å². The average Bonchev–Trinajstić information content (AvgIpc) is 3.00. The molecule has 6 N–H and O–H groups in total. The second kappa shape index (κ2) is 6.38. The van der Waals surface area contributed by atoms with E-state index in [0.29, 0.717) is 0 Å². The summed E-state index contributed by atoms with van der Waals surface area (Å²) in [6.45, 7) is -0.213. The lowest BCUT2D eigenvalue weighted by Gasteiger charge is -2.16. The highest BCUT2D eigenvalue weighted by Crippen LogP contribution is 2.33. The molecule has 23 heavy (non-hydrogen) atoms. The molecule has 5 atom stereocenters. The first-order chi connectivity index (χ1) is 10.9. The third-order valence-corrected chi connectivity index (χ3v) is 3.98. The Hall–Kier alpha value is -1.17. The summed E-state index contributed by atoms with van der Waals surface area (Å²) in [4.78, 5) is 30.8. The lowest BCUT2D eigenvalue weighted by Crippen LogP contribution is -2.33. The van der Waals surface area contributed by atoms with Gasteiger partial charge in [0, 0.05) is 0 Å². The molecule has 3 heterocycles. The van der Waals surface area contributed by atoms with Gasteiger partial charge >= 0.3 is 0 Å². The first kappa shape index (κ1) is 16.7. The molecule has 1 fully saturated rings. The number of ether oxygens (including phenoxy) is 1. The zero-order chi connectivity index (χ0) is 16.7. The van der Waals surface area contributed by atoms with Crippen LogP contribution in [0.2, 0.25) is 5.28 Å². The minimum absolute atomic E-state index is 0.0141. The first-order valence-electron chi connectivity index (χ1n) is 6.39. The van der Waals surface area contributed by atoms with Gasteiger partial charge in [-0.15, -0.1) is 0 Å². The van der Waals surface area contributed by atoms with Crippen LogP contribution in [-0.4, -0.2) is 59.5 Å². The molecule has 1 unspecified atom stereocenters. The first-order valence-corrected chi connectivity index (χ1v) is 8.05. The van der Waals surface area contributed by atoms with Gasteiger partial charge < -0.3 is 24.4 Å². The number of aromatic nitrogens is 4. The summed E-state index contributed by atoms with van der Waals surface area (Å²) in [5, 5.41) is 20.0. The number of aliphatic hydroxyl groups is 2. The predicted octanol–water partition coefficient (Wildman–Crippen LogP) is -1.41. The number of imidazole rings is 1. The van der Waals surface area contributed by atoms with Crippen LogP contribution in [0, 0.1) is 0 Å². The van der Waals surface area contributed by atoms with Crippen molar-refractivity contribution in [1.82, 2.24) is 19.5 Å². The van der Waals surface area contributed by atoms with Crippen LogP contribution >= 0.6 is 20.1 Å². The van der Waals surface area contributed by atoms with Crippen LogP contribution in [0.5, 0.6) is 0 Å². The summed E-state index contributed by atoms with van der Waals surface area (Å²) in [5.41, 5.74) is 4.68. The van der Waals surface area contributed by atoms with E-state index >= 15 is 0 Å². The third-order valence-electron chi connectivity index (χ3n) is 3.39. The number of halogens is 1. The summed E-state index contributed by atoms with van der Waals surface area (Å²) < 4.78 is 11.6. The highest BCUT2D eigenvalue weighted by atomic mass is 35.5. The van der Waals surface area contributed by atoms with Gasteiger partial charge in [-0.1, -0.05) is 0 Å². The number of rotatable bonds is 4. The largest absolute Gasteiger partial charge is 0.387 e. The SMILES string of the molecule is NP(O)OC[C@H]1O[C@@H](n2cnc3c(=O)[nH]c(Cl)nc32)[C@H](O)[C@@H]1O. The molecule has 0 aliphatic carbocycles. The molecule has 2 aromatic heterocycles. The monoisotopic (exact) mass is 365 g/mol. The lowest BCUT2D eigenvalue weighted by molar-refractivity contribution is -0.0472. The smallest absolute Gasteiger partial charge is 0.280 e. The number of nitrogens with one attached hydrogen (secondary N) is 1. The maximum Gasteiger partial charge on any atom is 0.280 e. The van der Waals surface area contributed by atoms with Gasteiger partial charge in [-0.25, -0.2) is 4.98 Å². The number of nitrogens with zero attached hydrogens (tertiary/aromatic N) is 3. The number of aromatic amines is 1. The maximum absolute atomic E-state index is 11.7. The van der Waals surface area contributed by atoms with Crippen molar-refractivity contribution in [1.29, 1.82) is 0 Å². The van der Waals surface area contributed by atoms with Crippen LogP contribution in [0.3, 0.4) is 0 Å². The van der Waals surface area contributed by atoms with Crippen LogP contribution in [0.1, 0.15) is 6.23 Å². The number of H-pyrrole nitrogens is 1. The van der Waals surface area contributed by atoms with Crippen LogP contribution in [0.15, 0.2) is 11.1 Å². The second-order valence-electron chi connectivity index (χ2n) is 4.83. The van der Waals surface area contributed by atoms with Gasteiger partial charge in [0.15, 0.2) is 17.4 Å². The Morgan fingerprint density at radius 1 is 1.52 bits per heavy atom. The standard InChI is InChI=1S/C10H13ClN5O6P/c11-10-14-7-4(8(19)15-10)13-2-16(7)9-6(18)5(17)3(22-9)1-21-23(12)20/h2-3,5-6,9,17-18,20H,1,12H2,(H,14,15,19)/t3-,5-,6-,9-,23?/m1/s1. The fourth-order valence-corrected chi connectivity index (χ4v) is 2.80. The maximum atomic E-state index is 11.7. The van der Waals surface area contributed by atoms with Crippen molar-refractivity contribution >= 4 is 31.3 Å². The van der Waals surface area contributed by atoms with E-state index in [-0.39, 0.29) is 23.1 Å². The zero-order valence-corrected chi connectivity index (χ0v) is 13.1. The summed E-state index contributed by atoms with van der Waals surface area (Å²) in [5.74, 6) is 0. The van der Waals surface area contributed by atoms with E-state index in [9.17, 15) is 15.0 Å². The Kier molecular flexibility index (Phi) is 4.63. The molecule has 13 heteroatoms. The molecule has 3 rings (SSSR count). The highest BCUT2D eigenvalue weighted by Gasteiger charge is 2.44. The van der Waals surface area contributed by atoms with Gasteiger partial charge in [-0.05, 0) is 11.6 Å². The van der Waals surface area contributed by atoms with Crippen molar-refractivity contribution < 1.29 is 24.4 Å². The van der Waals surface area contributed by atoms with Crippen LogP contribution in [-0.2, 0) is 9.26 Å². The number of aliphatic hydroxyl groups excluding tert-OH is 2. The van der Waals surface area contributed by atoms with Gasteiger partial charge in [0.05, 0.1) is 12.9 Å². The minimum Gasteiger partial charge on any atom is -0.387 e. The number of fused-ring (bicyclic) bond motifs is 1. The van der Waals surface area contributed by atoms with Crippen molar-refractivity contribution in [3.05, 3.63) is 22.0 Å². The van der Waals surface area contributed by atoms with Gasteiger partial charge in [-0.2, -0.15) is 4.98 Å². The molecule has 0 bridgehead atoms. The van der Waals surface area contributed by atoms with Crippen LogP contribution in [0.25, 0.3) is 11.2 Å². The molecule has 1 aliphatic rings. The molecular weight excluding hydrogens is 353 g/mol. The predicted molar refractivity (Wildman–Crippen MR) is 78.4 cm³/mol. The van der Waals surface area contributed by atoms with E-state index in [1.165, 1.54) is 10.9 Å². The number of hydrogen-bond donors (Lipinski definition) is 5. The van der Waals surface area contributed by atoms with Gasteiger partial charge in [-0.3, -0.25) is 19.8 Å². The Bertz CT molecular complexity index is 768. The molecule has 0 aromatic carbocycles. The second-order valence-corrected chi connectivity index (χ2v) is 6.05. The molecule has 2 aromatic rings. The summed E-state index contributed by atoms with van der Waals surface area (Å²) >= 11 is 5.72. The Balaban J connectivity index is 1.91. The molecule has 126 valence electrons. The van der Waals surface area contributed by atoms with E-state index in [2.05, 4.69) is 15.0 Å². The van der Waals surface area contributed by atoms with Crippen LogP contribution in [0.4, 0.5) is 0 Å². The molecular formula is C10H13ClN5O6P. The number of nitrogens with two attached hydrogens (primary N) is 1. The molecule has 0 amide bonds. The summed E-state index contributed by atoms with van der Waals surface area (Å²) in [7, 11) is -2.11. The number of hydrogen-bond acceptors (Lipinski definition) is 9. The van der Waals surface area contributed by atoms with E-state index in [1.807, 2.05) is 0 Å². The highest BCUT2D eigenvalue weighted by molar-refractivity contribution is 7.43. The van der Waals surface area contributed by atoms with E-state index in [1.54, 1.807) is 0 Å². The van der Waals surface area contributed by atoms with Crippen molar-refractivity contribution in [2.45, 2.75) is 24.5 Å². The topological polar surface area (TPSA) is 169 Å². The molecule has 1 saturated heterocycles. The summed E-state index contributed by atoms with van der Waals surface area (Å²) in [6.07, 6.45) is -3.36. The Morgan fingerprint density at radius 2 is 2.26 bits per heavy atom. The van der Waals surface area contributed by atoms with Gasteiger partial charge in [0.2, 0.25) is 13.8 Å². The normalized spacial score (nSPS) is 29.3. The van der Waals surface area contributed by atoms with Crippen molar-refractivity contribution in [2.75, 3.05) is 6.61 Å². The minimum atomic E-state index is -2.11. The quantitative estimate of drug-likeness (QED) is 0.322. The Morgan fingerprint density at radius 3 is 2.96 bits per heavy atom. The van der Waals surface area contributed by atoms with Crippen molar-refractivity contribution in [3.8, 4) is 0 Å². The lowest BCUT2D eigenvalue weighted by atomic mass is 10.1. The molecule has 0 saturated carbocycles. The van der Waals surface area contributed by atoms with E-state index in [0.717, 1.165) is 0 Å². The fourth-order valence-electron chi connectivity index (χ4n) is 2.33. The van der Waals surface area contributed by atoms with Gasteiger partial charge in [0.25, 0.3) is 5.56 Å². The fraction of sp³-hybridized carbons (Fsp3) is 0.500.